The molecule has 2 aromatic carbocycles. The van der Waals surface area contributed by atoms with Crippen LogP contribution < -0.4 is 11.2 Å². The van der Waals surface area contributed by atoms with Crippen LogP contribution in [0.3, 0.4) is 0 Å². The number of esters is 2. The van der Waals surface area contributed by atoms with Crippen LogP contribution in [0.1, 0.15) is 66.6 Å². The molecule has 1 aliphatic rings. The average Bonchev–Trinajstić information content (AvgIpc) is 3.36. The van der Waals surface area contributed by atoms with E-state index in [-0.39, 0.29) is 17.5 Å². The van der Waals surface area contributed by atoms with Gasteiger partial charge in [0, 0.05) is 12.6 Å². The Morgan fingerprint density at radius 3 is 1.98 bits per heavy atom. The predicted molar refractivity (Wildman–Crippen MR) is 140 cm³/mol. The number of rotatable bonds is 6. The van der Waals surface area contributed by atoms with Crippen LogP contribution in [-0.4, -0.2) is 40.3 Å². The Morgan fingerprint density at radius 2 is 1.45 bits per heavy atom. The van der Waals surface area contributed by atoms with E-state index in [1.54, 1.807) is 41.4 Å². The molecule has 1 fully saturated rings. The molecule has 3 aromatic rings. The number of benzene rings is 2. The Kier molecular flexibility index (Phi) is 11.9. The maximum Gasteiger partial charge on any atom is 0.423 e. The van der Waals surface area contributed by atoms with Gasteiger partial charge < -0.3 is 14.2 Å². The summed E-state index contributed by atoms with van der Waals surface area (Å²) in [7, 11) is 0. The summed E-state index contributed by atoms with van der Waals surface area (Å²) >= 11 is 0. The standard InChI is InChI=1S/C24H19F3N2O7.2C2H6/c25-24(26,27)16-12-29(23(33)28-20(16)30)19-11-17(36-22(32)15-9-5-2-6-10-15)18(35-19)13-34-21(31)14-7-3-1-4-8-14;2*1-2/h1-10,12,17-19H,11,13H2,(H,28,30,33);2*1-2H3. The lowest BCUT2D eigenvalue weighted by Gasteiger charge is -2.19. The molecular formula is C28H31F3N2O7. The van der Waals surface area contributed by atoms with Crippen molar-refractivity contribution in [3.8, 4) is 0 Å². The van der Waals surface area contributed by atoms with Crippen molar-refractivity contribution in [2.24, 2.45) is 0 Å². The zero-order chi connectivity index (χ0) is 29.9. The number of hydrogen-bond acceptors (Lipinski definition) is 7. The highest BCUT2D eigenvalue weighted by Crippen LogP contribution is 2.32. The number of ether oxygens (including phenoxy) is 3. The minimum Gasteiger partial charge on any atom is -0.459 e. The first-order valence-corrected chi connectivity index (χ1v) is 12.7. The molecule has 1 N–H and O–H groups in total. The lowest BCUT2D eigenvalue weighted by Crippen LogP contribution is -2.36. The number of alkyl halides is 3. The number of nitrogens with one attached hydrogen (secondary N) is 1. The second kappa shape index (κ2) is 14.8. The SMILES string of the molecule is CC.CC.O=C(OCC1OC(n2cc(C(F)(F)F)c(=O)[nH]c2=O)CC1OC(=O)c1ccccc1)c1ccccc1. The molecule has 4 rings (SSSR count). The van der Waals surface area contributed by atoms with Gasteiger partial charge in [-0.1, -0.05) is 64.1 Å². The molecule has 3 unspecified atom stereocenters. The Hall–Kier alpha value is -4.19. The Labute approximate surface area is 228 Å². The fourth-order valence-electron chi connectivity index (χ4n) is 3.64. The van der Waals surface area contributed by atoms with E-state index in [2.05, 4.69) is 0 Å². The summed E-state index contributed by atoms with van der Waals surface area (Å²) < 4.78 is 56.7. The molecule has 12 heteroatoms. The minimum atomic E-state index is -5.02. The lowest BCUT2D eigenvalue weighted by atomic mass is 10.1. The second-order valence-electron chi connectivity index (χ2n) is 7.85. The van der Waals surface area contributed by atoms with E-state index in [4.69, 9.17) is 14.2 Å². The van der Waals surface area contributed by atoms with Crippen LogP contribution in [0.25, 0.3) is 0 Å². The third kappa shape index (κ3) is 8.15. The Morgan fingerprint density at radius 1 is 0.925 bits per heavy atom. The van der Waals surface area contributed by atoms with Crippen molar-refractivity contribution in [3.63, 3.8) is 0 Å². The molecule has 1 aromatic heterocycles. The molecule has 9 nitrogen and oxygen atoms in total. The normalized spacial score (nSPS) is 17.9. The molecular weight excluding hydrogens is 533 g/mol. The number of carbonyl (C=O) groups is 2. The fourth-order valence-corrected chi connectivity index (χ4v) is 3.64. The largest absolute Gasteiger partial charge is 0.459 e. The van der Waals surface area contributed by atoms with Gasteiger partial charge in [-0.25, -0.2) is 14.4 Å². The number of nitrogens with zero attached hydrogens (tertiary/aromatic N) is 1. The van der Waals surface area contributed by atoms with Crippen LogP contribution in [0.4, 0.5) is 13.2 Å². The van der Waals surface area contributed by atoms with Gasteiger partial charge in [0.15, 0.2) is 0 Å². The lowest BCUT2D eigenvalue weighted by molar-refractivity contribution is -0.139. The van der Waals surface area contributed by atoms with Crippen molar-refractivity contribution in [2.45, 2.75) is 58.7 Å². The third-order valence-electron chi connectivity index (χ3n) is 5.42. The summed E-state index contributed by atoms with van der Waals surface area (Å²) in [6.07, 6.45) is -8.45. The molecule has 0 spiro atoms. The molecule has 216 valence electrons. The summed E-state index contributed by atoms with van der Waals surface area (Å²) in [4.78, 5) is 50.5. The van der Waals surface area contributed by atoms with E-state index in [1.807, 2.05) is 27.7 Å². The van der Waals surface area contributed by atoms with E-state index in [1.165, 1.54) is 24.3 Å². The quantitative estimate of drug-likeness (QED) is 0.420. The molecule has 3 atom stereocenters. The van der Waals surface area contributed by atoms with E-state index in [0.717, 1.165) is 0 Å². The first kappa shape index (κ1) is 32.0. The number of carbonyl (C=O) groups excluding carboxylic acids is 2. The van der Waals surface area contributed by atoms with Crippen molar-refractivity contribution >= 4 is 11.9 Å². The Bertz CT molecular complexity index is 1360. The number of aromatic amines is 1. The van der Waals surface area contributed by atoms with E-state index >= 15 is 0 Å². The third-order valence-corrected chi connectivity index (χ3v) is 5.42. The summed E-state index contributed by atoms with van der Waals surface area (Å²) in [5, 5.41) is 0. The highest BCUT2D eigenvalue weighted by atomic mass is 19.4. The van der Waals surface area contributed by atoms with Crippen molar-refractivity contribution in [2.75, 3.05) is 6.61 Å². The zero-order valence-corrected chi connectivity index (χ0v) is 22.4. The second-order valence-corrected chi connectivity index (χ2v) is 7.85. The summed E-state index contributed by atoms with van der Waals surface area (Å²) in [5.74, 6) is -1.44. The number of halogens is 3. The van der Waals surface area contributed by atoms with Crippen LogP contribution >= 0.6 is 0 Å². The molecule has 40 heavy (non-hydrogen) atoms. The first-order valence-electron chi connectivity index (χ1n) is 12.7. The van der Waals surface area contributed by atoms with Gasteiger partial charge >= 0.3 is 23.8 Å². The summed E-state index contributed by atoms with van der Waals surface area (Å²) in [5.41, 5.74) is -3.88. The van der Waals surface area contributed by atoms with Gasteiger partial charge in [0.25, 0.3) is 5.56 Å². The minimum absolute atomic E-state index is 0.210. The van der Waals surface area contributed by atoms with Gasteiger partial charge in [-0.2, -0.15) is 13.2 Å². The highest BCUT2D eigenvalue weighted by Gasteiger charge is 2.42. The van der Waals surface area contributed by atoms with Crippen molar-refractivity contribution < 1.29 is 37.0 Å². The zero-order valence-electron chi connectivity index (χ0n) is 22.4. The van der Waals surface area contributed by atoms with Gasteiger partial charge in [0.1, 0.15) is 30.6 Å². The molecule has 0 bridgehead atoms. The molecule has 0 aliphatic carbocycles. The van der Waals surface area contributed by atoms with Gasteiger partial charge in [-0.3, -0.25) is 14.3 Å². The van der Waals surface area contributed by atoms with Crippen molar-refractivity contribution in [1.29, 1.82) is 0 Å². The van der Waals surface area contributed by atoms with Crippen LogP contribution in [0.5, 0.6) is 0 Å². The maximum atomic E-state index is 13.2. The molecule has 1 saturated heterocycles. The first-order chi connectivity index (χ1) is 19.1. The van der Waals surface area contributed by atoms with E-state index in [0.29, 0.717) is 10.8 Å². The molecule has 0 saturated carbocycles. The van der Waals surface area contributed by atoms with Crippen molar-refractivity contribution in [1.82, 2.24) is 9.55 Å². The molecule has 0 radical (unpaired) electrons. The summed E-state index contributed by atoms with van der Waals surface area (Å²) in [6, 6.07) is 15.9. The summed E-state index contributed by atoms with van der Waals surface area (Å²) in [6.45, 7) is 7.58. The fraction of sp³-hybridized carbons (Fsp3) is 0.357. The van der Waals surface area contributed by atoms with E-state index in [9.17, 15) is 32.3 Å². The van der Waals surface area contributed by atoms with Gasteiger partial charge in [-0.15, -0.1) is 0 Å². The molecule has 2 heterocycles. The molecule has 1 aliphatic heterocycles. The average molecular weight is 565 g/mol. The van der Waals surface area contributed by atoms with Gasteiger partial charge in [-0.05, 0) is 24.3 Å². The van der Waals surface area contributed by atoms with E-state index < -0.39 is 60.0 Å². The van der Waals surface area contributed by atoms with Crippen molar-refractivity contribution in [3.05, 3.63) is 104 Å². The smallest absolute Gasteiger partial charge is 0.423 e. The predicted octanol–water partition coefficient (Wildman–Crippen LogP) is 4.98. The van der Waals surface area contributed by atoms with Crippen LogP contribution in [0.2, 0.25) is 0 Å². The van der Waals surface area contributed by atoms with Gasteiger partial charge in [0.05, 0.1) is 11.1 Å². The topological polar surface area (TPSA) is 117 Å². The Balaban J connectivity index is 0.00000134. The number of hydrogen-bond donors (Lipinski definition) is 1. The highest BCUT2D eigenvalue weighted by molar-refractivity contribution is 5.90. The number of H-pyrrole nitrogens is 1. The van der Waals surface area contributed by atoms with Crippen LogP contribution in [0, 0.1) is 0 Å². The monoisotopic (exact) mass is 564 g/mol. The van der Waals surface area contributed by atoms with Gasteiger partial charge in [0.2, 0.25) is 0 Å². The maximum absolute atomic E-state index is 13.2. The molecule has 0 amide bonds. The number of aromatic nitrogens is 2. The van der Waals surface area contributed by atoms with Crippen LogP contribution in [0.15, 0.2) is 76.4 Å². The van der Waals surface area contributed by atoms with Crippen LogP contribution in [-0.2, 0) is 20.4 Å².